The number of carbonyl (C=O) groups is 2. The molecule has 1 saturated heterocycles. The molecule has 3 heterocycles. The maximum absolute atomic E-state index is 12.6. The molecule has 0 saturated carbocycles. The van der Waals surface area contributed by atoms with E-state index in [1.165, 1.54) is 25.7 Å². The van der Waals surface area contributed by atoms with Gasteiger partial charge in [-0.3, -0.25) is 14.5 Å². The Bertz CT molecular complexity index is 899. The van der Waals surface area contributed by atoms with Crippen molar-refractivity contribution in [1.82, 2.24) is 20.0 Å². The van der Waals surface area contributed by atoms with E-state index in [-0.39, 0.29) is 18.4 Å². The fraction of sp³-hybridized carbons (Fsp3) is 0.522. The molecule has 7 nitrogen and oxygen atoms in total. The summed E-state index contributed by atoms with van der Waals surface area (Å²) in [5.74, 6) is 0.554. The van der Waals surface area contributed by atoms with E-state index in [4.69, 9.17) is 5.10 Å². The van der Waals surface area contributed by atoms with Crippen molar-refractivity contribution in [2.24, 2.45) is 0 Å². The largest absolute Gasteiger partial charge is 0.353 e. The second-order valence-electron chi connectivity index (χ2n) is 8.26. The quantitative estimate of drug-likeness (QED) is 0.796. The van der Waals surface area contributed by atoms with Crippen LogP contribution in [0.2, 0.25) is 0 Å². The van der Waals surface area contributed by atoms with Crippen molar-refractivity contribution in [3.63, 3.8) is 0 Å². The number of hydrogen-bond acceptors (Lipinski definition) is 4. The predicted octanol–water partition coefficient (Wildman–Crippen LogP) is 2.59. The number of fused-ring (bicyclic) bond motifs is 1. The molecule has 2 aliphatic rings. The van der Waals surface area contributed by atoms with Crippen molar-refractivity contribution in [2.45, 2.75) is 45.6 Å². The van der Waals surface area contributed by atoms with Gasteiger partial charge in [0.1, 0.15) is 12.4 Å². The first-order chi connectivity index (χ1) is 14.6. The molecule has 7 heteroatoms. The van der Waals surface area contributed by atoms with Gasteiger partial charge >= 0.3 is 0 Å². The first-order valence-corrected chi connectivity index (χ1v) is 11.0. The number of likely N-dealkylation sites (tertiary alicyclic amines) is 1. The summed E-state index contributed by atoms with van der Waals surface area (Å²) in [6.07, 6.45) is 5.45. The van der Waals surface area contributed by atoms with Gasteiger partial charge in [-0.05, 0) is 38.4 Å². The molecule has 1 fully saturated rings. The van der Waals surface area contributed by atoms with E-state index in [1.54, 1.807) is 4.90 Å². The summed E-state index contributed by atoms with van der Waals surface area (Å²) in [4.78, 5) is 29.1. The van der Waals surface area contributed by atoms with Crippen molar-refractivity contribution in [2.75, 3.05) is 37.6 Å². The average molecular weight is 410 g/mol. The van der Waals surface area contributed by atoms with E-state index < -0.39 is 0 Å². The van der Waals surface area contributed by atoms with Crippen molar-refractivity contribution in [3.8, 4) is 11.3 Å². The standard InChI is InChI=1S/C23H31N5O2/c1-18-8-4-5-9-19(18)20-16-22-27(23(30)10-14-28(22)25-20)17-21(29)24-11-15-26-12-6-2-3-7-13-26/h4-5,8-9,16H,2-3,6-7,10-15,17H2,1H3,(H,24,29). The Morgan fingerprint density at radius 2 is 1.87 bits per heavy atom. The minimum absolute atomic E-state index is 0.0265. The minimum atomic E-state index is -0.120. The van der Waals surface area contributed by atoms with Crippen LogP contribution in [0.25, 0.3) is 11.3 Å². The first kappa shape index (κ1) is 20.6. The highest BCUT2D eigenvalue weighted by Gasteiger charge is 2.28. The summed E-state index contributed by atoms with van der Waals surface area (Å²) >= 11 is 0. The molecule has 160 valence electrons. The third-order valence-electron chi connectivity index (χ3n) is 6.05. The third kappa shape index (κ3) is 4.73. The summed E-state index contributed by atoms with van der Waals surface area (Å²) in [5, 5.41) is 7.68. The maximum Gasteiger partial charge on any atom is 0.240 e. The summed E-state index contributed by atoms with van der Waals surface area (Å²) in [7, 11) is 0. The van der Waals surface area contributed by atoms with Gasteiger partial charge in [0.25, 0.3) is 0 Å². The molecule has 1 N–H and O–H groups in total. The number of aromatic nitrogens is 2. The van der Waals surface area contributed by atoms with Gasteiger partial charge in [-0.1, -0.05) is 37.1 Å². The van der Waals surface area contributed by atoms with E-state index >= 15 is 0 Å². The van der Waals surface area contributed by atoms with Gasteiger partial charge < -0.3 is 10.2 Å². The lowest BCUT2D eigenvalue weighted by atomic mass is 10.1. The second kappa shape index (κ2) is 9.43. The number of carbonyl (C=O) groups excluding carboxylic acids is 2. The topological polar surface area (TPSA) is 70.5 Å². The summed E-state index contributed by atoms with van der Waals surface area (Å²) in [6.45, 7) is 6.35. The molecule has 0 radical (unpaired) electrons. The molecule has 0 unspecified atom stereocenters. The van der Waals surface area contributed by atoms with E-state index in [9.17, 15) is 9.59 Å². The molecule has 1 aromatic carbocycles. The lowest BCUT2D eigenvalue weighted by molar-refractivity contribution is -0.124. The van der Waals surface area contributed by atoms with Crippen LogP contribution in [0.1, 0.15) is 37.7 Å². The second-order valence-corrected chi connectivity index (χ2v) is 8.26. The van der Waals surface area contributed by atoms with Crippen LogP contribution in [0, 0.1) is 6.92 Å². The number of nitrogens with zero attached hydrogens (tertiary/aromatic N) is 4. The molecule has 2 aliphatic heterocycles. The van der Waals surface area contributed by atoms with Crippen LogP contribution in [0.15, 0.2) is 30.3 Å². The predicted molar refractivity (Wildman–Crippen MR) is 117 cm³/mol. The smallest absolute Gasteiger partial charge is 0.240 e. The average Bonchev–Trinajstić information content (AvgIpc) is 2.99. The molecule has 0 bridgehead atoms. The fourth-order valence-electron chi connectivity index (χ4n) is 4.33. The maximum atomic E-state index is 12.6. The number of benzene rings is 1. The lowest BCUT2D eigenvalue weighted by Gasteiger charge is -2.27. The Labute approximate surface area is 178 Å². The first-order valence-electron chi connectivity index (χ1n) is 11.0. The monoisotopic (exact) mass is 409 g/mol. The van der Waals surface area contributed by atoms with Crippen LogP contribution in [0.3, 0.4) is 0 Å². The van der Waals surface area contributed by atoms with Crippen LogP contribution >= 0.6 is 0 Å². The van der Waals surface area contributed by atoms with Gasteiger partial charge in [0.2, 0.25) is 11.8 Å². The van der Waals surface area contributed by atoms with Crippen molar-refractivity contribution >= 4 is 17.6 Å². The highest BCUT2D eigenvalue weighted by atomic mass is 16.2. The number of aryl methyl sites for hydroxylation is 2. The molecule has 2 amide bonds. The normalized spacial score (nSPS) is 17.5. The van der Waals surface area contributed by atoms with Crippen molar-refractivity contribution in [1.29, 1.82) is 0 Å². The highest BCUT2D eigenvalue weighted by molar-refractivity contribution is 5.99. The van der Waals surface area contributed by atoms with Crippen molar-refractivity contribution < 1.29 is 9.59 Å². The van der Waals surface area contributed by atoms with Gasteiger partial charge in [-0.25, -0.2) is 4.68 Å². The summed E-state index contributed by atoms with van der Waals surface area (Å²) in [5.41, 5.74) is 3.02. The summed E-state index contributed by atoms with van der Waals surface area (Å²) < 4.78 is 1.84. The van der Waals surface area contributed by atoms with Crippen LogP contribution in [0.4, 0.5) is 5.82 Å². The van der Waals surface area contributed by atoms with E-state index in [0.29, 0.717) is 25.3 Å². The van der Waals surface area contributed by atoms with Crippen molar-refractivity contribution in [3.05, 3.63) is 35.9 Å². The van der Waals surface area contributed by atoms with Gasteiger partial charge in [0.15, 0.2) is 0 Å². The molecule has 2 aromatic rings. The SMILES string of the molecule is Cc1ccccc1-c1cc2n(n1)CCC(=O)N2CC(=O)NCCN1CCCCCC1. The highest BCUT2D eigenvalue weighted by Crippen LogP contribution is 2.29. The number of amides is 2. The Morgan fingerprint density at radius 3 is 2.63 bits per heavy atom. The molecule has 30 heavy (non-hydrogen) atoms. The minimum Gasteiger partial charge on any atom is -0.353 e. The van der Waals surface area contributed by atoms with Gasteiger partial charge in [0, 0.05) is 31.1 Å². The van der Waals surface area contributed by atoms with Crippen LogP contribution in [-0.4, -0.2) is 59.2 Å². The summed E-state index contributed by atoms with van der Waals surface area (Å²) in [6, 6.07) is 9.99. The fourth-order valence-corrected chi connectivity index (χ4v) is 4.33. The molecule has 0 atom stereocenters. The zero-order valence-electron chi connectivity index (χ0n) is 17.8. The number of hydrogen-bond donors (Lipinski definition) is 1. The molecular formula is C23H31N5O2. The Hall–Kier alpha value is -2.67. The Kier molecular flexibility index (Phi) is 6.47. The van der Waals surface area contributed by atoms with E-state index in [0.717, 1.165) is 36.5 Å². The number of nitrogens with one attached hydrogen (secondary N) is 1. The molecular weight excluding hydrogens is 378 g/mol. The molecule has 4 rings (SSSR count). The molecule has 0 aliphatic carbocycles. The van der Waals surface area contributed by atoms with Gasteiger partial charge in [-0.2, -0.15) is 5.10 Å². The van der Waals surface area contributed by atoms with Gasteiger partial charge in [0.05, 0.1) is 12.2 Å². The van der Waals surface area contributed by atoms with Crippen LogP contribution in [-0.2, 0) is 16.1 Å². The van der Waals surface area contributed by atoms with Crippen LogP contribution < -0.4 is 10.2 Å². The van der Waals surface area contributed by atoms with Gasteiger partial charge in [-0.15, -0.1) is 0 Å². The van der Waals surface area contributed by atoms with Crippen LogP contribution in [0.5, 0.6) is 0 Å². The van der Waals surface area contributed by atoms with E-state index in [2.05, 4.69) is 10.2 Å². The molecule has 1 aromatic heterocycles. The Balaban J connectivity index is 1.39. The lowest BCUT2D eigenvalue weighted by Crippen LogP contribution is -2.45. The third-order valence-corrected chi connectivity index (χ3v) is 6.05. The Morgan fingerprint density at radius 1 is 1.10 bits per heavy atom. The number of rotatable bonds is 6. The molecule has 0 spiro atoms. The number of anilines is 1. The zero-order chi connectivity index (χ0) is 20.9. The zero-order valence-corrected chi connectivity index (χ0v) is 17.8. The van der Waals surface area contributed by atoms with E-state index in [1.807, 2.05) is 41.9 Å².